The first-order valence-electron chi connectivity index (χ1n) is 11.2. The van der Waals surface area contributed by atoms with E-state index in [4.69, 9.17) is 9.97 Å². The number of aromatic amines is 1. The Morgan fingerprint density at radius 3 is 2.61 bits per heavy atom. The van der Waals surface area contributed by atoms with Gasteiger partial charge in [0.15, 0.2) is 5.13 Å². The summed E-state index contributed by atoms with van der Waals surface area (Å²) in [6, 6.07) is 21.1. The number of rotatable bonds is 6. The van der Waals surface area contributed by atoms with Gasteiger partial charge in [-0.1, -0.05) is 63.7 Å². The number of benzene rings is 3. The first kappa shape index (κ1) is 23.1. The first-order chi connectivity index (χ1) is 17.3. The number of hydrogen-bond acceptors (Lipinski definition) is 7. The number of aromatic nitrogens is 3. The highest BCUT2D eigenvalue weighted by Gasteiger charge is 2.37. The van der Waals surface area contributed by atoms with E-state index < -0.39 is 21.2 Å². The molecule has 3 N–H and O–H groups in total. The van der Waals surface area contributed by atoms with Crippen LogP contribution in [0.2, 0.25) is 0 Å². The molecule has 0 saturated carbocycles. The van der Waals surface area contributed by atoms with Crippen LogP contribution in [-0.4, -0.2) is 29.3 Å². The maximum Gasteiger partial charge on any atom is 0.242 e. The average molecular weight is 583 g/mol. The molecular weight excluding hydrogens is 562 g/mol. The second kappa shape index (κ2) is 8.99. The highest BCUT2D eigenvalue weighted by atomic mass is 79.9. The Morgan fingerprint density at radius 1 is 1.06 bits per heavy atom. The molecule has 1 unspecified atom stereocenters. The molecule has 0 spiro atoms. The smallest absolute Gasteiger partial charge is 0.242 e. The minimum atomic E-state index is -3.68. The maximum atomic E-state index is 12.2. The predicted octanol–water partition coefficient (Wildman–Crippen LogP) is 5.22. The fourth-order valence-electron chi connectivity index (χ4n) is 4.42. The standard InChI is InChI=1S/C25H20BrN5O3S2/c26-16-9-10-21-19(12-16)29-25(35-21)30-20(24-27-17-3-1-2-4-18(17)28-24)11-14-5-7-15(8-6-14)22-13-23(32)31-36(22,33)34/h1-10,12,20,22H,11,13H2,(H,27,28)(H,29,30)(H,31,32)/t20-,22?/m0/s1. The third-order valence-corrected chi connectivity index (χ3v) is 9.34. The summed E-state index contributed by atoms with van der Waals surface area (Å²) in [6.07, 6.45) is 0.535. The van der Waals surface area contributed by atoms with Gasteiger partial charge in [0.25, 0.3) is 0 Å². The lowest BCUT2D eigenvalue weighted by atomic mass is 10.0. The van der Waals surface area contributed by atoms with Crippen molar-refractivity contribution in [3.63, 3.8) is 0 Å². The van der Waals surface area contributed by atoms with Crippen LogP contribution in [0.15, 0.2) is 71.2 Å². The van der Waals surface area contributed by atoms with Crippen LogP contribution in [0.3, 0.4) is 0 Å². The lowest BCUT2D eigenvalue weighted by Gasteiger charge is -2.17. The monoisotopic (exact) mass is 581 g/mol. The minimum Gasteiger partial charge on any atom is -0.351 e. The van der Waals surface area contributed by atoms with Crippen LogP contribution in [0.25, 0.3) is 21.3 Å². The van der Waals surface area contributed by atoms with Crippen molar-refractivity contribution < 1.29 is 13.2 Å². The number of nitrogens with zero attached hydrogens (tertiary/aromatic N) is 2. The van der Waals surface area contributed by atoms with Gasteiger partial charge in [0, 0.05) is 4.47 Å². The Bertz CT molecular complexity index is 1680. The van der Waals surface area contributed by atoms with Crippen LogP contribution in [0, 0.1) is 0 Å². The van der Waals surface area contributed by atoms with Gasteiger partial charge in [-0.15, -0.1) is 0 Å². The number of nitrogens with one attached hydrogen (secondary N) is 3. The van der Waals surface area contributed by atoms with Gasteiger partial charge in [-0.25, -0.2) is 18.4 Å². The molecule has 1 aliphatic rings. The van der Waals surface area contributed by atoms with Gasteiger partial charge in [0.1, 0.15) is 11.1 Å². The molecule has 1 aliphatic heterocycles. The summed E-state index contributed by atoms with van der Waals surface area (Å²) in [7, 11) is -3.68. The minimum absolute atomic E-state index is 0.0570. The molecule has 0 radical (unpaired) electrons. The van der Waals surface area contributed by atoms with E-state index in [2.05, 4.69) is 31.0 Å². The molecule has 1 fully saturated rings. The van der Waals surface area contributed by atoms with E-state index >= 15 is 0 Å². The molecule has 8 nitrogen and oxygen atoms in total. The average Bonchev–Trinajstić information content (AvgIpc) is 3.52. The Hall–Kier alpha value is -3.28. The Morgan fingerprint density at radius 2 is 1.86 bits per heavy atom. The molecule has 5 aromatic rings. The van der Waals surface area contributed by atoms with Crippen molar-refractivity contribution in [1.82, 2.24) is 19.7 Å². The zero-order chi connectivity index (χ0) is 24.9. The van der Waals surface area contributed by atoms with Gasteiger partial charge >= 0.3 is 0 Å². The number of amides is 1. The zero-order valence-electron chi connectivity index (χ0n) is 18.7. The number of halogens is 1. The zero-order valence-corrected chi connectivity index (χ0v) is 22.0. The largest absolute Gasteiger partial charge is 0.351 e. The summed E-state index contributed by atoms with van der Waals surface area (Å²) in [5.74, 6) is 0.315. The van der Waals surface area contributed by atoms with E-state index in [-0.39, 0.29) is 12.5 Å². The van der Waals surface area contributed by atoms with Gasteiger partial charge in [0.2, 0.25) is 15.9 Å². The molecule has 0 aliphatic carbocycles. The summed E-state index contributed by atoms with van der Waals surface area (Å²) in [5.41, 5.74) is 4.33. The molecule has 36 heavy (non-hydrogen) atoms. The number of sulfonamides is 1. The molecule has 1 amide bonds. The van der Waals surface area contributed by atoms with Crippen LogP contribution in [-0.2, 0) is 21.2 Å². The van der Waals surface area contributed by atoms with E-state index in [0.29, 0.717) is 12.0 Å². The molecule has 6 rings (SSSR count). The number of H-pyrrole nitrogens is 1. The van der Waals surface area contributed by atoms with E-state index in [1.807, 2.05) is 54.6 Å². The molecule has 11 heteroatoms. The van der Waals surface area contributed by atoms with Crippen molar-refractivity contribution in [2.24, 2.45) is 0 Å². The number of fused-ring (bicyclic) bond motifs is 2. The first-order valence-corrected chi connectivity index (χ1v) is 14.4. The van der Waals surface area contributed by atoms with Crippen LogP contribution < -0.4 is 10.0 Å². The predicted molar refractivity (Wildman–Crippen MR) is 144 cm³/mol. The summed E-state index contributed by atoms with van der Waals surface area (Å²) >= 11 is 5.08. The SMILES string of the molecule is O=C1CC(c2ccc(C[C@H](Nc3nc4cc(Br)ccc4s3)c3nc4ccccc4[nH]3)cc2)S(=O)(=O)N1. The highest BCUT2D eigenvalue weighted by molar-refractivity contribution is 9.10. The highest BCUT2D eigenvalue weighted by Crippen LogP contribution is 2.33. The number of carbonyl (C=O) groups is 1. The topological polar surface area (TPSA) is 117 Å². The van der Waals surface area contributed by atoms with Crippen LogP contribution in [0.5, 0.6) is 0 Å². The molecule has 1 saturated heterocycles. The van der Waals surface area contributed by atoms with Crippen molar-refractivity contribution in [3.8, 4) is 0 Å². The second-order valence-electron chi connectivity index (χ2n) is 8.68. The fourth-order valence-corrected chi connectivity index (χ4v) is 7.09. The van der Waals surface area contributed by atoms with Gasteiger partial charge in [-0.3, -0.25) is 9.52 Å². The number of thiazole rings is 1. The molecule has 2 atom stereocenters. The molecule has 0 bridgehead atoms. The number of hydrogen-bond donors (Lipinski definition) is 3. The molecule has 2 aromatic heterocycles. The summed E-state index contributed by atoms with van der Waals surface area (Å²) in [6.45, 7) is 0. The van der Waals surface area contributed by atoms with Gasteiger partial charge in [-0.05, 0) is 47.9 Å². The van der Waals surface area contributed by atoms with Crippen molar-refractivity contribution in [2.75, 3.05) is 5.32 Å². The van der Waals surface area contributed by atoms with Gasteiger partial charge < -0.3 is 10.3 Å². The van der Waals surface area contributed by atoms with E-state index in [9.17, 15) is 13.2 Å². The van der Waals surface area contributed by atoms with Gasteiger partial charge in [0.05, 0.1) is 33.7 Å². The lowest BCUT2D eigenvalue weighted by molar-refractivity contribution is -0.118. The van der Waals surface area contributed by atoms with E-state index in [0.717, 1.165) is 42.2 Å². The van der Waals surface area contributed by atoms with Crippen LogP contribution in [0.4, 0.5) is 5.13 Å². The summed E-state index contributed by atoms with van der Waals surface area (Å²) in [5, 5.41) is 3.48. The van der Waals surface area contributed by atoms with E-state index in [1.54, 1.807) is 23.5 Å². The normalized spacial score (nSPS) is 17.9. The fraction of sp³-hybridized carbons (Fsp3) is 0.160. The van der Waals surface area contributed by atoms with Crippen molar-refractivity contribution >= 4 is 69.6 Å². The molecule has 3 heterocycles. The number of para-hydroxylation sites is 2. The quantitative estimate of drug-likeness (QED) is 0.253. The Balaban J connectivity index is 1.31. The van der Waals surface area contributed by atoms with Crippen molar-refractivity contribution in [1.29, 1.82) is 0 Å². The summed E-state index contributed by atoms with van der Waals surface area (Å²) in [4.78, 5) is 24.6. The molecular formula is C25H20BrN5O3S2. The maximum absolute atomic E-state index is 12.2. The third-order valence-electron chi connectivity index (χ3n) is 6.18. The Kier molecular flexibility index (Phi) is 5.78. The number of carbonyl (C=O) groups excluding carboxylic acids is 1. The number of imidazole rings is 1. The third kappa shape index (κ3) is 4.49. The second-order valence-corrected chi connectivity index (χ2v) is 12.5. The summed E-state index contributed by atoms with van der Waals surface area (Å²) < 4.78 is 28.6. The van der Waals surface area contributed by atoms with E-state index in [1.165, 1.54) is 0 Å². The number of anilines is 1. The molecule has 3 aromatic carbocycles. The van der Waals surface area contributed by atoms with Gasteiger partial charge in [-0.2, -0.15) is 0 Å². The molecule has 182 valence electrons. The van der Waals surface area contributed by atoms with Crippen LogP contribution in [0.1, 0.15) is 34.7 Å². The lowest BCUT2D eigenvalue weighted by Crippen LogP contribution is -2.21. The Labute approximate surface area is 219 Å². The van der Waals surface area contributed by atoms with Crippen LogP contribution >= 0.6 is 27.3 Å². The van der Waals surface area contributed by atoms with Crippen molar-refractivity contribution in [2.45, 2.75) is 24.1 Å². The van der Waals surface area contributed by atoms with Crippen molar-refractivity contribution in [3.05, 3.63) is 88.2 Å².